The summed E-state index contributed by atoms with van der Waals surface area (Å²) in [6.45, 7) is 4.28. The van der Waals surface area contributed by atoms with E-state index in [0.717, 1.165) is 57.8 Å². The molecule has 0 aromatic carbocycles. The number of rotatable bonds is 76. The summed E-state index contributed by atoms with van der Waals surface area (Å²) in [6.07, 6.45) is 102. The van der Waals surface area contributed by atoms with Crippen LogP contribution in [-0.4, -0.2) is 70.0 Å². The number of hydrogen-bond acceptors (Lipinski definition) is 8. The molecule has 0 amide bonds. The summed E-state index contributed by atoms with van der Waals surface area (Å²) in [5.74, 6) is -0.815. The predicted octanol–water partition coefficient (Wildman–Crippen LogP) is 26.4. The molecule has 0 aliphatic rings. The standard InChI is InChI=1S/C84H156NO8P/c1-6-8-10-12-14-16-18-20-22-24-26-28-30-32-34-36-37-38-39-40-41-42-43-44-45-46-47-49-51-53-55-57-59-61-63-65-67-69-71-73-75-77-84(87)93-82(81-92-94(88,89)91-79-78-85(3,4)5)80-90-83(86)76-74-72-70-68-66-64-62-60-58-56-54-52-50-48-35-33-31-29-27-25-23-21-19-17-15-13-11-9-7-2/h18-21,24-27,30-33,82H,6-17,22-23,28-29,34-81H2,1-5H3/b20-18-,21-19-,26-24-,27-25-,32-30-,33-31-. The largest absolute Gasteiger partial charge is 0.756 e. The fraction of sp³-hybridized carbons (Fsp3) is 0.833. The van der Waals surface area contributed by atoms with Gasteiger partial charge in [0.1, 0.15) is 19.8 Å². The molecule has 0 saturated carbocycles. The number of unbranched alkanes of at least 4 members (excludes halogenated alkanes) is 50. The molecule has 10 heteroatoms. The quantitative estimate of drug-likeness (QED) is 0.0195. The lowest BCUT2D eigenvalue weighted by Gasteiger charge is -2.28. The smallest absolute Gasteiger partial charge is 0.306 e. The van der Waals surface area contributed by atoms with Gasteiger partial charge in [-0.1, -0.05) is 369 Å². The molecule has 0 fully saturated rings. The van der Waals surface area contributed by atoms with Crippen molar-refractivity contribution in [3.63, 3.8) is 0 Å². The summed E-state index contributed by atoms with van der Waals surface area (Å²) in [7, 11) is 1.18. The van der Waals surface area contributed by atoms with Crippen molar-refractivity contribution < 1.29 is 42.1 Å². The number of carbonyl (C=O) groups excluding carboxylic acids is 2. The SMILES string of the molecule is CCCCCCC/C=C\C/C=C\C/C=C\CCCCCCCCCCCCCCCCCCCCCCCCCCCCC(=O)OC(COC(=O)CCCCCCCCCCCCCCCC/C=C\C/C=C\C/C=C\CCCCCCC)COP(=O)([O-])OCC[N+](C)(C)C. The third-order valence-corrected chi connectivity index (χ3v) is 19.2. The summed E-state index contributed by atoms with van der Waals surface area (Å²) >= 11 is 0. The molecular formula is C84H156NO8P. The molecule has 0 aliphatic heterocycles. The second-order valence-electron chi connectivity index (χ2n) is 28.8. The monoisotopic (exact) mass is 1340 g/mol. The van der Waals surface area contributed by atoms with Gasteiger partial charge in [0, 0.05) is 12.8 Å². The first-order chi connectivity index (χ1) is 46.0. The van der Waals surface area contributed by atoms with Gasteiger partial charge < -0.3 is 27.9 Å². The van der Waals surface area contributed by atoms with Gasteiger partial charge in [-0.05, 0) is 89.9 Å². The lowest BCUT2D eigenvalue weighted by atomic mass is 10.0. The Morgan fingerprint density at radius 2 is 0.574 bits per heavy atom. The van der Waals surface area contributed by atoms with Gasteiger partial charge in [-0.3, -0.25) is 14.2 Å². The van der Waals surface area contributed by atoms with Gasteiger partial charge in [-0.2, -0.15) is 0 Å². The Hall–Kier alpha value is -2.55. The summed E-state index contributed by atoms with van der Waals surface area (Å²) in [5, 5.41) is 0. The minimum absolute atomic E-state index is 0.0300. The molecule has 0 aliphatic carbocycles. The Bertz CT molecular complexity index is 1820. The molecule has 0 rings (SSSR count). The third kappa shape index (κ3) is 78.4. The van der Waals surface area contributed by atoms with Crippen molar-refractivity contribution in [2.75, 3.05) is 47.5 Å². The van der Waals surface area contributed by atoms with E-state index < -0.39 is 26.5 Å². The summed E-state index contributed by atoms with van der Waals surface area (Å²) in [6, 6.07) is 0. The Kier molecular flexibility index (Phi) is 72.6. The first kappa shape index (κ1) is 91.4. The molecule has 550 valence electrons. The zero-order chi connectivity index (χ0) is 68.3. The van der Waals surface area contributed by atoms with Gasteiger partial charge >= 0.3 is 11.9 Å². The number of hydrogen-bond donors (Lipinski definition) is 0. The minimum Gasteiger partial charge on any atom is -0.756 e. The Morgan fingerprint density at radius 1 is 0.330 bits per heavy atom. The molecule has 9 nitrogen and oxygen atoms in total. The first-order valence-electron chi connectivity index (χ1n) is 40.6. The van der Waals surface area contributed by atoms with Crippen molar-refractivity contribution in [1.82, 2.24) is 0 Å². The molecule has 0 aromatic heterocycles. The van der Waals surface area contributed by atoms with E-state index in [-0.39, 0.29) is 32.0 Å². The Balaban J connectivity index is 3.91. The zero-order valence-corrected chi connectivity index (χ0v) is 63.8. The topological polar surface area (TPSA) is 111 Å². The van der Waals surface area contributed by atoms with Gasteiger partial charge in [-0.25, -0.2) is 0 Å². The highest BCUT2D eigenvalue weighted by atomic mass is 31.2. The van der Waals surface area contributed by atoms with Crippen LogP contribution in [0, 0.1) is 0 Å². The number of phosphoric acid groups is 1. The molecule has 0 aromatic rings. The maximum atomic E-state index is 12.9. The van der Waals surface area contributed by atoms with Crippen LogP contribution in [0.25, 0.3) is 0 Å². The van der Waals surface area contributed by atoms with Crippen molar-refractivity contribution in [2.24, 2.45) is 0 Å². The summed E-state index contributed by atoms with van der Waals surface area (Å²) in [5.41, 5.74) is 0. The van der Waals surface area contributed by atoms with Gasteiger partial charge in [0.05, 0.1) is 27.7 Å². The van der Waals surface area contributed by atoms with E-state index in [2.05, 4.69) is 86.8 Å². The molecule has 2 atom stereocenters. The van der Waals surface area contributed by atoms with Gasteiger partial charge in [0.2, 0.25) is 0 Å². The molecule has 0 bridgehead atoms. The first-order valence-corrected chi connectivity index (χ1v) is 42.1. The highest BCUT2D eigenvalue weighted by Gasteiger charge is 2.22. The second kappa shape index (κ2) is 74.7. The molecule has 0 spiro atoms. The second-order valence-corrected chi connectivity index (χ2v) is 30.2. The molecule has 0 heterocycles. The number of likely N-dealkylation sites (N-methyl/N-ethyl adjacent to an activating group) is 1. The van der Waals surface area contributed by atoms with E-state index in [9.17, 15) is 19.0 Å². The molecule has 94 heavy (non-hydrogen) atoms. The molecular weight excluding hydrogens is 1180 g/mol. The van der Waals surface area contributed by atoms with Crippen molar-refractivity contribution in [1.29, 1.82) is 0 Å². The molecule has 0 saturated heterocycles. The number of allylic oxidation sites excluding steroid dienone is 12. The van der Waals surface area contributed by atoms with Crippen molar-refractivity contribution in [3.05, 3.63) is 72.9 Å². The van der Waals surface area contributed by atoms with Crippen LogP contribution >= 0.6 is 7.82 Å². The average Bonchev–Trinajstić information content (AvgIpc) is 1.57. The fourth-order valence-electron chi connectivity index (χ4n) is 12.0. The van der Waals surface area contributed by atoms with Crippen LogP contribution in [-0.2, 0) is 32.7 Å². The fourth-order valence-corrected chi connectivity index (χ4v) is 12.7. The molecule has 2 unspecified atom stereocenters. The molecule has 0 N–H and O–H groups in total. The van der Waals surface area contributed by atoms with Crippen molar-refractivity contribution in [3.8, 4) is 0 Å². The zero-order valence-electron chi connectivity index (χ0n) is 62.9. The van der Waals surface area contributed by atoms with Crippen LogP contribution in [0.1, 0.15) is 399 Å². The van der Waals surface area contributed by atoms with E-state index in [4.69, 9.17) is 18.5 Å². The molecule has 0 radical (unpaired) electrons. The number of esters is 2. The van der Waals surface area contributed by atoms with Gasteiger partial charge in [0.25, 0.3) is 7.82 Å². The van der Waals surface area contributed by atoms with Crippen molar-refractivity contribution >= 4 is 19.8 Å². The van der Waals surface area contributed by atoms with E-state index >= 15 is 0 Å². The lowest BCUT2D eigenvalue weighted by Crippen LogP contribution is -2.37. The van der Waals surface area contributed by atoms with E-state index in [1.54, 1.807) is 0 Å². The third-order valence-electron chi connectivity index (χ3n) is 18.2. The number of carbonyl (C=O) groups is 2. The van der Waals surface area contributed by atoms with Gasteiger partial charge in [-0.15, -0.1) is 0 Å². The number of ether oxygens (including phenoxy) is 2. The van der Waals surface area contributed by atoms with E-state index in [0.29, 0.717) is 17.4 Å². The number of quaternary nitrogens is 1. The highest BCUT2D eigenvalue weighted by molar-refractivity contribution is 7.45. The predicted molar refractivity (Wildman–Crippen MR) is 406 cm³/mol. The normalized spacial score (nSPS) is 13.4. The van der Waals surface area contributed by atoms with Crippen LogP contribution in [0.2, 0.25) is 0 Å². The number of phosphoric ester groups is 1. The van der Waals surface area contributed by atoms with Crippen LogP contribution in [0.5, 0.6) is 0 Å². The maximum absolute atomic E-state index is 12.9. The minimum atomic E-state index is -4.65. The lowest BCUT2D eigenvalue weighted by molar-refractivity contribution is -0.870. The van der Waals surface area contributed by atoms with Crippen LogP contribution in [0.15, 0.2) is 72.9 Å². The Labute approximate surface area is 584 Å². The Morgan fingerprint density at radius 3 is 0.851 bits per heavy atom. The van der Waals surface area contributed by atoms with Gasteiger partial charge in [0.15, 0.2) is 6.10 Å². The number of nitrogens with zero attached hydrogens (tertiary/aromatic N) is 1. The van der Waals surface area contributed by atoms with E-state index in [1.165, 1.54) is 308 Å². The van der Waals surface area contributed by atoms with Crippen LogP contribution < -0.4 is 4.89 Å². The van der Waals surface area contributed by atoms with Crippen LogP contribution in [0.3, 0.4) is 0 Å². The summed E-state index contributed by atoms with van der Waals surface area (Å²) in [4.78, 5) is 38.2. The van der Waals surface area contributed by atoms with E-state index in [1.807, 2.05) is 21.1 Å². The van der Waals surface area contributed by atoms with Crippen molar-refractivity contribution in [2.45, 2.75) is 405 Å². The highest BCUT2D eigenvalue weighted by Crippen LogP contribution is 2.38. The average molecular weight is 1340 g/mol. The van der Waals surface area contributed by atoms with Crippen LogP contribution in [0.4, 0.5) is 0 Å². The summed E-state index contributed by atoms with van der Waals surface area (Å²) < 4.78 is 34.4. The maximum Gasteiger partial charge on any atom is 0.306 e.